The first-order chi connectivity index (χ1) is 7.59. The second kappa shape index (κ2) is 4.02. The van der Waals surface area contributed by atoms with Crippen molar-refractivity contribution < 1.29 is 10.2 Å². The molecule has 2 rings (SSSR count). The molecule has 0 bridgehead atoms. The van der Waals surface area contributed by atoms with Crippen LogP contribution >= 0.6 is 0 Å². The summed E-state index contributed by atoms with van der Waals surface area (Å²) in [6.07, 6.45) is 0.172. The number of phenols is 1. The second-order valence-electron chi connectivity index (χ2n) is 4.07. The fraction of sp³-hybridized carbons (Fsp3) is 0.231. The number of aliphatic hydroxyl groups excluding tert-OH is 1. The lowest BCUT2D eigenvalue weighted by Crippen LogP contribution is -2.04. The number of fused-ring (bicyclic) bond motifs is 1. The number of phenolic OH excluding ortho intramolecular Hbond substituents is 1. The minimum Gasteiger partial charge on any atom is -0.505 e. The van der Waals surface area contributed by atoms with Crippen LogP contribution in [-0.4, -0.2) is 16.3 Å². The molecule has 1 unspecified atom stereocenters. The molecule has 0 radical (unpaired) electrons. The van der Waals surface area contributed by atoms with Crippen LogP contribution in [0.4, 0.5) is 5.69 Å². The van der Waals surface area contributed by atoms with Crippen molar-refractivity contribution in [2.45, 2.75) is 19.4 Å². The van der Waals surface area contributed by atoms with Gasteiger partial charge in [0.1, 0.15) is 5.75 Å². The van der Waals surface area contributed by atoms with E-state index in [2.05, 4.69) is 0 Å². The fourth-order valence-corrected chi connectivity index (χ4v) is 1.92. The average molecular weight is 217 g/mol. The summed E-state index contributed by atoms with van der Waals surface area (Å²) in [7, 11) is 0. The molecule has 16 heavy (non-hydrogen) atoms. The Bertz CT molecular complexity index is 521. The van der Waals surface area contributed by atoms with Crippen molar-refractivity contribution in [3.63, 3.8) is 0 Å². The molecular formula is C13H15NO2. The first-order valence-electron chi connectivity index (χ1n) is 5.26. The summed E-state index contributed by atoms with van der Waals surface area (Å²) < 4.78 is 0. The van der Waals surface area contributed by atoms with Crippen LogP contribution in [0.5, 0.6) is 5.75 Å². The lowest BCUT2D eigenvalue weighted by molar-refractivity contribution is 0.196. The van der Waals surface area contributed by atoms with Crippen LogP contribution in [0.25, 0.3) is 10.8 Å². The normalized spacial score (nSPS) is 12.9. The minimum atomic E-state index is -0.398. The summed E-state index contributed by atoms with van der Waals surface area (Å²) in [5.41, 5.74) is 7.03. The SMILES string of the molecule is CC(O)Cc1cccc2c(O)c(N)ccc12. The van der Waals surface area contributed by atoms with E-state index in [1.807, 2.05) is 24.3 Å². The Kier molecular flexibility index (Phi) is 2.71. The highest BCUT2D eigenvalue weighted by molar-refractivity contribution is 5.94. The molecule has 2 aromatic carbocycles. The van der Waals surface area contributed by atoms with Crippen molar-refractivity contribution in [3.8, 4) is 5.75 Å². The fourth-order valence-electron chi connectivity index (χ4n) is 1.92. The van der Waals surface area contributed by atoms with E-state index in [0.717, 1.165) is 16.3 Å². The quantitative estimate of drug-likeness (QED) is 0.532. The van der Waals surface area contributed by atoms with E-state index in [1.165, 1.54) is 0 Å². The van der Waals surface area contributed by atoms with Gasteiger partial charge in [0, 0.05) is 5.39 Å². The summed E-state index contributed by atoms with van der Waals surface area (Å²) in [4.78, 5) is 0. The van der Waals surface area contributed by atoms with Crippen LogP contribution < -0.4 is 5.73 Å². The molecule has 0 fully saturated rings. The third-order valence-corrected chi connectivity index (χ3v) is 2.67. The predicted octanol–water partition coefficient (Wildman–Crippen LogP) is 2.05. The van der Waals surface area contributed by atoms with E-state index in [1.54, 1.807) is 13.0 Å². The van der Waals surface area contributed by atoms with Gasteiger partial charge in [0.15, 0.2) is 0 Å². The van der Waals surface area contributed by atoms with Crippen LogP contribution in [0.2, 0.25) is 0 Å². The van der Waals surface area contributed by atoms with Crippen LogP contribution in [0.3, 0.4) is 0 Å². The number of benzene rings is 2. The molecule has 3 nitrogen and oxygen atoms in total. The lowest BCUT2D eigenvalue weighted by atomic mass is 9.99. The van der Waals surface area contributed by atoms with Gasteiger partial charge < -0.3 is 15.9 Å². The van der Waals surface area contributed by atoms with Crippen LogP contribution in [0.1, 0.15) is 12.5 Å². The number of aliphatic hydroxyl groups is 1. The monoisotopic (exact) mass is 217 g/mol. The molecule has 0 saturated carbocycles. The highest BCUT2D eigenvalue weighted by Crippen LogP contribution is 2.32. The van der Waals surface area contributed by atoms with Crippen molar-refractivity contribution >= 4 is 16.5 Å². The van der Waals surface area contributed by atoms with Crippen molar-refractivity contribution in [3.05, 3.63) is 35.9 Å². The van der Waals surface area contributed by atoms with Gasteiger partial charge in [0.25, 0.3) is 0 Å². The van der Waals surface area contributed by atoms with Gasteiger partial charge in [-0.3, -0.25) is 0 Å². The van der Waals surface area contributed by atoms with E-state index >= 15 is 0 Å². The zero-order valence-corrected chi connectivity index (χ0v) is 9.14. The zero-order valence-electron chi connectivity index (χ0n) is 9.14. The maximum Gasteiger partial charge on any atom is 0.146 e. The van der Waals surface area contributed by atoms with Gasteiger partial charge >= 0.3 is 0 Å². The Labute approximate surface area is 94.1 Å². The molecule has 0 heterocycles. The Morgan fingerprint density at radius 1 is 1.19 bits per heavy atom. The zero-order chi connectivity index (χ0) is 11.7. The molecule has 0 spiro atoms. The third kappa shape index (κ3) is 1.82. The van der Waals surface area contributed by atoms with Gasteiger partial charge in [-0.05, 0) is 30.4 Å². The average Bonchev–Trinajstić information content (AvgIpc) is 2.23. The van der Waals surface area contributed by atoms with E-state index < -0.39 is 6.10 Å². The molecule has 84 valence electrons. The smallest absolute Gasteiger partial charge is 0.146 e. The number of anilines is 1. The second-order valence-corrected chi connectivity index (χ2v) is 4.07. The molecule has 0 aromatic heterocycles. The molecule has 0 amide bonds. The van der Waals surface area contributed by atoms with Gasteiger partial charge in [-0.15, -0.1) is 0 Å². The summed E-state index contributed by atoms with van der Waals surface area (Å²) in [6, 6.07) is 9.20. The van der Waals surface area contributed by atoms with Gasteiger partial charge in [0.05, 0.1) is 11.8 Å². The number of hydrogen-bond acceptors (Lipinski definition) is 3. The standard InChI is InChI=1S/C13H15NO2/c1-8(15)7-9-3-2-4-11-10(9)5-6-12(14)13(11)16/h2-6,8,15-16H,7,14H2,1H3. The Balaban J connectivity index is 2.65. The van der Waals surface area contributed by atoms with Gasteiger partial charge in [0.2, 0.25) is 0 Å². The molecule has 0 aliphatic carbocycles. The Morgan fingerprint density at radius 2 is 1.94 bits per heavy atom. The number of nitrogens with two attached hydrogens (primary N) is 1. The van der Waals surface area contributed by atoms with Crippen molar-refractivity contribution in [1.29, 1.82) is 0 Å². The Hall–Kier alpha value is -1.74. The van der Waals surface area contributed by atoms with Crippen molar-refractivity contribution in [2.75, 3.05) is 5.73 Å². The molecular weight excluding hydrogens is 202 g/mol. The maximum absolute atomic E-state index is 9.83. The van der Waals surface area contributed by atoms with Gasteiger partial charge in [-0.1, -0.05) is 24.3 Å². The molecule has 2 aromatic rings. The van der Waals surface area contributed by atoms with Crippen molar-refractivity contribution in [2.24, 2.45) is 0 Å². The molecule has 0 aliphatic heterocycles. The molecule has 1 atom stereocenters. The van der Waals surface area contributed by atoms with E-state index in [9.17, 15) is 10.2 Å². The highest BCUT2D eigenvalue weighted by Gasteiger charge is 2.08. The summed E-state index contributed by atoms with van der Waals surface area (Å²) in [5, 5.41) is 20.9. The molecule has 3 heteroatoms. The topological polar surface area (TPSA) is 66.5 Å². The largest absolute Gasteiger partial charge is 0.505 e. The lowest BCUT2D eigenvalue weighted by Gasteiger charge is -2.10. The molecule has 0 aliphatic rings. The van der Waals surface area contributed by atoms with Crippen LogP contribution in [-0.2, 0) is 6.42 Å². The van der Waals surface area contributed by atoms with E-state index in [4.69, 9.17) is 5.73 Å². The molecule has 0 saturated heterocycles. The number of hydrogen-bond donors (Lipinski definition) is 3. The van der Waals surface area contributed by atoms with Gasteiger partial charge in [-0.2, -0.15) is 0 Å². The van der Waals surface area contributed by atoms with Crippen molar-refractivity contribution in [1.82, 2.24) is 0 Å². The highest BCUT2D eigenvalue weighted by atomic mass is 16.3. The Morgan fingerprint density at radius 3 is 2.62 bits per heavy atom. The summed E-state index contributed by atoms with van der Waals surface area (Å²) >= 11 is 0. The minimum absolute atomic E-state index is 0.116. The first kappa shape index (κ1) is 10.8. The van der Waals surface area contributed by atoms with E-state index in [-0.39, 0.29) is 5.75 Å². The predicted molar refractivity (Wildman–Crippen MR) is 65.4 cm³/mol. The number of rotatable bonds is 2. The number of aromatic hydroxyl groups is 1. The summed E-state index contributed by atoms with van der Waals surface area (Å²) in [6.45, 7) is 1.75. The molecule has 4 N–H and O–H groups in total. The van der Waals surface area contributed by atoms with Crippen LogP contribution in [0.15, 0.2) is 30.3 Å². The van der Waals surface area contributed by atoms with Gasteiger partial charge in [-0.25, -0.2) is 0 Å². The van der Waals surface area contributed by atoms with E-state index in [0.29, 0.717) is 12.1 Å². The third-order valence-electron chi connectivity index (χ3n) is 2.67. The maximum atomic E-state index is 9.83. The number of nitrogen functional groups attached to an aromatic ring is 1. The van der Waals surface area contributed by atoms with Crippen LogP contribution in [0, 0.1) is 0 Å². The first-order valence-corrected chi connectivity index (χ1v) is 5.26. The summed E-state index contributed by atoms with van der Waals surface area (Å²) in [5.74, 6) is 0.116.